The number of nitrogens with zero attached hydrogens (tertiary/aromatic N) is 3. The quantitative estimate of drug-likeness (QED) is 0.0542. The molecule has 49 heavy (non-hydrogen) atoms. The molecule has 0 atom stereocenters. The molecule has 10 heteroatoms. The third-order valence-corrected chi connectivity index (χ3v) is 8.95. The second kappa shape index (κ2) is 18.8. The molecule has 0 unspecified atom stereocenters. The molecule has 2 N–H and O–H groups in total. The van der Waals surface area contributed by atoms with Crippen molar-refractivity contribution in [1.29, 1.82) is 0 Å². The zero-order valence-electron chi connectivity index (χ0n) is 30.0. The van der Waals surface area contributed by atoms with E-state index in [0.29, 0.717) is 45.7 Å². The lowest BCUT2D eigenvalue weighted by Gasteiger charge is -2.16. The summed E-state index contributed by atoms with van der Waals surface area (Å²) in [5.74, 6) is 0.386. The zero-order chi connectivity index (χ0) is 35.2. The number of esters is 1. The molecule has 266 valence electrons. The number of ether oxygens (including phenoxy) is 2. The van der Waals surface area contributed by atoms with Crippen LogP contribution in [-0.4, -0.2) is 38.3 Å². The monoisotopic (exact) mass is 691 g/mol. The lowest BCUT2D eigenvalue weighted by Crippen LogP contribution is -2.14. The van der Waals surface area contributed by atoms with E-state index in [0.717, 1.165) is 18.5 Å². The van der Waals surface area contributed by atoms with Crippen LogP contribution < -0.4 is 14.8 Å². The Morgan fingerprint density at radius 2 is 1.51 bits per heavy atom. The molecule has 2 aromatic heterocycles. The van der Waals surface area contributed by atoms with E-state index in [2.05, 4.69) is 48.2 Å². The standard InChI is InChI=1S/C39H54ClN5O4/c1-6-7-8-9-10-11-12-13-14-15-16-17-18-19-25-48-31-22-20-21-30(26-31)38(47)41-32-27-29(23-24-33(32)49-28(2)46)36-42-37-34(40)35(39(3,4)5)43-45(37)44-36/h20-24,26-27,43H,6-19,25H2,1-5H3,(H,41,47). The van der Waals surface area contributed by atoms with Crippen LogP contribution in [0.5, 0.6) is 11.5 Å². The zero-order valence-corrected chi connectivity index (χ0v) is 30.8. The Morgan fingerprint density at radius 1 is 0.878 bits per heavy atom. The van der Waals surface area contributed by atoms with Crippen molar-refractivity contribution in [2.45, 2.75) is 130 Å². The molecule has 0 saturated heterocycles. The number of nitrogens with one attached hydrogen (secondary N) is 2. The fourth-order valence-corrected chi connectivity index (χ4v) is 6.29. The van der Waals surface area contributed by atoms with Gasteiger partial charge in [0.05, 0.1) is 18.0 Å². The number of anilines is 1. The number of hydrogen-bond acceptors (Lipinski definition) is 6. The van der Waals surface area contributed by atoms with E-state index in [1.54, 1.807) is 41.0 Å². The van der Waals surface area contributed by atoms with Crippen LogP contribution >= 0.6 is 11.6 Å². The van der Waals surface area contributed by atoms with Crippen molar-refractivity contribution in [3.05, 3.63) is 58.7 Å². The van der Waals surface area contributed by atoms with Crippen LogP contribution in [0.1, 0.15) is 141 Å². The first-order valence-electron chi connectivity index (χ1n) is 18.1. The van der Waals surface area contributed by atoms with E-state index in [1.807, 2.05) is 6.07 Å². The maximum Gasteiger partial charge on any atom is 0.308 e. The number of carbonyl (C=O) groups excluding carboxylic acids is 2. The molecule has 4 aromatic rings. The first-order chi connectivity index (χ1) is 23.6. The lowest BCUT2D eigenvalue weighted by molar-refractivity contribution is -0.131. The van der Waals surface area contributed by atoms with E-state index in [1.165, 1.54) is 84.0 Å². The summed E-state index contributed by atoms with van der Waals surface area (Å²) in [6.45, 7) is 10.3. The van der Waals surface area contributed by atoms with Crippen molar-refractivity contribution in [3.8, 4) is 22.9 Å². The third-order valence-electron chi connectivity index (χ3n) is 8.59. The summed E-state index contributed by atoms with van der Waals surface area (Å²) in [6, 6.07) is 12.1. The van der Waals surface area contributed by atoms with Crippen LogP contribution in [0.15, 0.2) is 42.5 Å². The first-order valence-corrected chi connectivity index (χ1v) is 18.5. The fourth-order valence-electron chi connectivity index (χ4n) is 5.84. The number of fused-ring (bicyclic) bond motifs is 1. The number of carbonyl (C=O) groups is 2. The molecule has 0 saturated carbocycles. The number of unbranched alkanes of at least 4 members (excludes halogenated alkanes) is 13. The number of rotatable bonds is 20. The van der Waals surface area contributed by atoms with Crippen LogP contribution in [0.2, 0.25) is 5.02 Å². The number of amides is 1. The highest BCUT2D eigenvalue weighted by Gasteiger charge is 2.25. The molecule has 2 aromatic carbocycles. The Labute approximate surface area is 296 Å². The van der Waals surface area contributed by atoms with E-state index < -0.39 is 5.97 Å². The van der Waals surface area contributed by atoms with Crippen molar-refractivity contribution < 1.29 is 19.1 Å². The van der Waals surface area contributed by atoms with Gasteiger partial charge in [-0.1, -0.05) is 129 Å². The molecule has 0 aliphatic heterocycles. The summed E-state index contributed by atoms with van der Waals surface area (Å²) in [6.07, 6.45) is 18.3. The molecule has 0 aliphatic carbocycles. The van der Waals surface area contributed by atoms with Crippen LogP contribution in [0, 0.1) is 0 Å². The highest BCUT2D eigenvalue weighted by Crippen LogP contribution is 2.34. The SMILES string of the molecule is CCCCCCCCCCCCCCCCOc1cccc(C(=O)Nc2cc(-c3nc4c(Cl)c(C(C)(C)C)[nH]n4n3)ccc2OC(C)=O)c1. The van der Waals surface area contributed by atoms with Gasteiger partial charge in [-0.3, -0.25) is 14.7 Å². The first kappa shape index (κ1) is 38.0. The van der Waals surface area contributed by atoms with E-state index >= 15 is 0 Å². The lowest BCUT2D eigenvalue weighted by atomic mass is 9.92. The number of halogens is 1. The van der Waals surface area contributed by atoms with Gasteiger partial charge in [0, 0.05) is 23.5 Å². The van der Waals surface area contributed by atoms with Gasteiger partial charge in [0.15, 0.2) is 17.2 Å². The molecule has 4 rings (SSSR count). The molecule has 0 fully saturated rings. The average molecular weight is 692 g/mol. The summed E-state index contributed by atoms with van der Waals surface area (Å²) in [5.41, 5.74) is 2.47. The molecule has 0 aliphatic rings. The molecule has 2 heterocycles. The van der Waals surface area contributed by atoms with Gasteiger partial charge in [-0.05, 0) is 42.8 Å². The molecular weight excluding hydrogens is 638 g/mol. The molecule has 0 spiro atoms. The van der Waals surface area contributed by atoms with E-state index in [-0.39, 0.29) is 17.1 Å². The Hall–Kier alpha value is -3.85. The maximum atomic E-state index is 13.4. The molecule has 0 bridgehead atoms. The molecular formula is C39H54ClN5O4. The Kier molecular flexibility index (Phi) is 14.6. The van der Waals surface area contributed by atoms with Crippen molar-refractivity contribution in [2.24, 2.45) is 0 Å². The predicted octanol–water partition coefficient (Wildman–Crippen LogP) is 10.7. The Bertz CT molecular complexity index is 1650. The third kappa shape index (κ3) is 11.6. The van der Waals surface area contributed by atoms with E-state index in [4.69, 9.17) is 21.1 Å². The Balaban J connectivity index is 1.27. The topological polar surface area (TPSA) is 111 Å². The number of aromatic amines is 1. The number of benzene rings is 2. The van der Waals surface area contributed by atoms with Gasteiger partial charge >= 0.3 is 5.97 Å². The van der Waals surface area contributed by atoms with Crippen LogP contribution in [0.25, 0.3) is 17.0 Å². The number of H-pyrrole nitrogens is 1. The van der Waals surface area contributed by atoms with Gasteiger partial charge < -0.3 is 14.8 Å². The minimum absolute atomic E-state index is 0.211. The summed E-state index contributed by atoms with van der Waals surface area (Å²) in [4.78, 5) is 29.8. The summed E-state index contributed by atoms with van der Waals surface area (Å²) in [7, 11) is 0. The summed E-state index contributed by atoms with van der Waals surface area (Å²) < 4.78 is 12.9. The maximum absolute atomic E-state index is 13.4. The minimum atomic E-state index is -0.503. The largest absolute Gasteiger partial charge is 0.494 e. The van der Waals surface area contributed by atoms with Gasteiger partial charge in [0.1, 0.15) is 10.8 Å². The Morgan fingerprint density at radius 3 is 2.10 bits per heavy atom. The van der Waals surface area contributed by atoms with Gasteiger partial charge in [-0.15, -0.1) is 5.10 Å². The van der Waals surface area contributed by atoms with Crippen LogP contribution in [0.4, 0.5) is 5.69 Å². The molecule has 1 amide bonds. The normalized spacial score (nSPS) is 11.6. The average Bonchev–Trinajstić information content (AvgIpc) is 3.63. The smallest absolute Gasteiger partial charge is 0.308 e. The van der Waals surface area contributed by atoms with Crippen molar-refractivity contribution >= 4 is 34.8 Å². The summed E-state index contributed by atoms with van der Waals surface area (Å²) >= 11 is 6.62. The van der Waals surface area contributed by atoms with Crippen molar-refractivity contribution in [1.82, 2.24) is 19.8 Å². The van der Waals surface area contributed by atoms with Gasteiger partial charge in [0.2, 0.25) is 0 Å². The highest BCUT2D eigenvalue weighted by atomic mass is 35.5. The van der Waals surface area contributed by atoms with E-state index in [9.17, 15) is 9.59 Å². The van der Waals surface area contributed by atoms with Gasteiger partial charge in [-0.2, -0.15) is 4.63 Å². The second-order valence-corrected chi connectivity index (χ2v) is 14.3. The van der Waals surface area contributed by atoms with Gasteiger partial charge in [0.25, 0.3) is 5.91 Å². The number of hydrogen-bond donors (Lipinski definition) is 2. The minimum Gasteiger partial charge on any atom is -0.494 e. The molecule has 0 radical (unpaired) electrons. The van der Waals surface area contributed by atoms with Crippen LogP contribution in [0.3, 0.4) is 0 Å². The fraction of sp³-hybridized carbons (Fsp3) is 0.538. The number of aromatic nitrogens is 4. The van der Waals surface area contributed by atoms with Gasteiger partial charge in [-0.25, -0.2) is 4.98 Å². The molecule has 9 nitrogen and oxygen atoms in total. The second-order valence-electron chi connectivity index (χ2n) is 14.0. The van der Waals surface area contributed by atoms with Crippen molar-refractivity contribution in [2.75, 3.05) is 11.9 Å². The van der Waals surface area contributed by atoms with Crippen molar-refractivity contribution in [3.63, 3.8) is 0 Å². The summed E-state index contributed by atoms with van der Waals surface area (Å²) in [5, 5.41) is 11.2. The highest BCUT2D eigenvalue weighted by molar-refractivity contribution is 6.34. The van der Waals surface area contributed by atoms with Crippen LogP contribution in [-0.2, 0) is 10.2 Å². The predicted molar refractivity (Wildman–Crippen MR) is 198 cm³/mol.